The first kappa shape index (κ1) is 8.07. The van der Waals surface area contributed by atoms with Crippen molar-refractivity contribution in [3.63, 3.8) is 0 Å². The van der Waals surface area contributed by atoms with Crippen LogP contribution in [0.5, 0.6) is 0 Å². The predicted octanol–water partition coefficient (Wildman–Crippen LogP) is 0.696. The van der Waals surface area contributed by atoms with Crippen LogP contribution >= 0.6 is 0 Å². The molecular weight excluding hydrogens is 125 g/mol. The molecule has 0 amide bonds. The first-order valence-electron chi connectivity index (χ1n) is 2.50. The number of carbonyl (C=O) groups is 1. The second kappa shape index (κ2) is 4.00. The predicted molar refractivity (Wildman–Crippen MR) is 30.5 cm³/mol. The number of nitrogens with one attached hydrogen (secondary N) is 1. The van der Waals surface area contributed by atoms with E-state index >= 15 is 0 Å². The van der Waals surface area contributed by atoms with Crippen molar-refractivity contribution in [1.82, 2.24) is 0 Å². The Labute approximate surface area is 52.0 Å². The summed E-state index contributed by atoms with van der Waals surface area (Å²) in [6, 6.07) is 0. The van der Waals surface area contributed by atoms with Gasteiger partial charge in [0, 0.05) is 0 Å². The van der Waals surface area contributed by atoms with Gasteiger partial charge < -0.3 is 10.5 Å². The van der Waals surface area contributed by atoms with Crippen molar-refractivity contribution >= 4 is 12.2 Å². The molecule has 0 saturated carbocycles. The van der Waals surface area contributed by atoms with Crippen LogP contribution in [0.2, 0.25) is 0 Å². The first-order valence-corrected chi connectivity index (χ1v) is 2.50. The molecule has 9 heavy (non-hydrogen) atoms. The molecule has 0 saturated heterocycles. The maximum Gasteiger partial charge on any atom is 0.309 e. The molecule has 1 atom stereocenters. The summed E-state index contributed by atoms with van der Waals surface area (Å²) in [5.41, 5.74) is 0. The SMILES string of the molecule is N=CCC(CF)C(=O)O. The Hall–Kier alpha value is -0.930. The summed E-state index contributed by atoms with van der Waals surface area (Å²) in [5, 5.41) is 14.6. The highest BCUT2D eigenvalue weighted by molar-refractivity contribution is 5.74. The summed E-state index contributed by atoms with van der Waals surface area (Å²) in [7, 11) is 0. The van der Waals surface area contributed by atoms with E-state index in [1.54, 1.807) is 0 Å². The Morgan fingerprint density at radius 1 is 1.89 bits per heavy atom. The van der Waals surface area contributed by atoms with Gasteiger partial charge in [-0.15, -0.1) is 0 Å². The lowest BCUT2D eigenvalue weighted by molar-refractivity contribution is -0.141. The van der Waals surface area contributed by atoms with Gasteiger partial charge in [-0.25, -0.2) is 0 Å². The van der Waals surface area contributed by atoms with Crippen LogP contribution in [-0.4, -0.2) is 24.0 Å². The van der Waals surface area contributed by atoms with Crippen molar-refractivity contribution in [2.24, 2.45) is 5.92 Å². The van der Waals surface area contributed by atoms with Gasteiger partial charge in [-0.1, -0.05) is 0 Å². The summed E-state index contributed by atoms with van der Waals surface area (Å²) in [6.45, 7) is -0.898. The van der Waals surface area contributed by atoms with E-state index in [0.717, 1.165) is 6.21 Å². The van der Waals surface area contributed by atoms with Gasteiger partial charge in [0.05, 0.1) is 5.92 Å². The Morgan fingerprint density at radius 3 is 2.56 bits per heavy atom. The maximum atomic E-state index is 11.6. The van der Waals surface area contributed by atoms with E-state index in [9.17, 15) is 9.18 Å². The van der Waals surface area contributed by atoms with Crippen molar-refractivity contribution in [3.05, 3.63) is 0 Å². The maximum absolute atomic E-state index is 11.6. The molecule has 0 aromatic rings. The molecule has 0 aromatic carbocycles. The fourth-order valence-corrected chi connectivity index (χ4v) is 0.372. The van der Waals surface area contributed by atoms with Gasteiger partial charge in [0.1, 0.15) is 6.67 Å². The van der Waals surface area contributed by atoms with Crippen molar-refractivity contribution in [1.29, 1.82) is 5.41 Å². The van der Waals surface area contributed by atoms with Crippen molar-refractivity contribution in [3.8, 4) is 0 Å². The third-order valence-corrected chi connectivity index (χ3v) is 0.938. The molecule has 3 nitrogen and oxygen atoms in total. The first-order chi connectivity index (χ1) is 4.22. The van der Waals surface area contributed by atoms with E-state index in [0.29, 0.717) is 0 Å². The highest BCUT2D eigenvalue weighted by Gasteiger charge is 2.14. The third-order valence-electron chi connectivity index (χ3n) is 0.938. The lowest BCUT2D eigenvalue weighted by Gasteiger charge is -2.00. The van der Waals surface area contributed by atoms with E-state index in [1.807, 2.05) is 0 Å². The Morgan fingerprint density at radius 2 is 2.44 bits per heavy atom. The summed E-state index contributed by atoms with van der Waals surface area (Å²) in [4.78, 5) is 9.98. The van der Waals surface area contributed by atoms with Gasteiger partial charge in [-0.05, 0) is 12.6 Å². The molecule has 0 spiro atoms. The third kappa shape index (κ3) is 2.79. The zero-order valence-corrected chi connectivity index (χ0v) is 4.80. The fourth-order valence-electron chi connectivity index (χ4n) is 0.372. The van der Waals surface area contributed by atoms with E-state index in [1.165, 1.54) is 0 Å². The summed E-state index contributed by atoms with van der Waals surface area (Å²) in [6.07, 6.45) is 0.879. The van der Waals surface area contributed by atoms with Crippen LogP contribution in [0.3, 0.4) is 0 Å². The van der Waals surface area contributed by atoms with E-state index in [2.05, 4.69) is 0 Å². The molecule has 1 unspecified atom stereocenters. The second-order valence-electron chi connectivity index (χ2n) is 1.63. The molecule has 0 aliphatic rings. The minimum Gasteiger partial charge on any atom is -0.481 e. The van der Waals surface area contributed by atoms with Gasteiger partial charge in [0.2, 0.25) is 0 Å². The van der Waals surface area contributed by atoms with Gasteiger partial charge in [0.15, 0.2) is 0 Å². The van der Waals surface area contributed by atoms with E-state index in [-0.39, 0.29) is 6.42 Å². The smallest absolute Gasteiger partial charge is 0.309 e. The number of carboxylic acid groups (broad SMARTS) is 1. The van der Waals surface area contributed by atoms with E-state index in [4.69, 9.17) is 10.5 Å². The second-order valence-corrected chi connectivity index (χ2v) is 1.63. The minimum absolute atomic E-state index is 0.0220. The van der Waals surface area contributed by atoms with Crippen LogP contribution in [-0.2, 0) is 4.79 Å². The average Bonchev–Trinajstić information content (AvgIpc) is 1.82. The summed E-state index contributed by atoms with van der Waals surface area (Å²) in [5.74, 6) is -2.21. The molecular formula is C5H8FNO2. The topological polar surface area (TPSA) is 61.2 Å². The normalized spacial score (nSPS) is 12.6. The molecule has 0 bridgehead atoms. The van der Waals surface area contributed by atoms with Crippen molar-refractivity contribution < 1.29 is 14.3 Å². The number of aliphatic carboxylic acids is 1. The van der Waals surface area contributed by atoms with Crippen LogP contribution in [0.25, 0.3) is 0 Å². The molecule has 0 aliphatic heterocycles. The monoisotopic (exact) mass is 133 g/mol. The number of alkyl halides is 1. The lowest BCUT2D eigenvalue weighted by Crippen LogP contribution is -2.15. The Kier molecular flexibility index (Phi) is 3.59. The number of hydrogen-bond donors (Lipinski definition) is 2. The van der Waals surface area contributed by atoms with Gasteiger partial charge in [-0.3, -0.25) is 9.18 Å². The fraction of sp³-hybridized carbons (Fsp3) is 0.600. The molecule has 2 N–H and O–H groups in total. The average molecular weight is 133 g/mol. The van der Waals surface area contributed by atoms with Crippen LogP contribution in [0.15, 0.2) is 0 Å². The highest BCUT2D eigenvalue weighted by atomic mass is 19.1. The van der Waals surface area contributed by atoms with Crippen molar-refractivity contribution in [2.45, 2.75) is 6.42 Å². The summed E-state index contributed by atoms with van der Waals surface area (Å²) < 4.78 is 11.6. The minimum atomic E-state index is -1.18. The van der Waals surface area contributed by atoms with Gasteiger partial charge in [-0.2, -0.15) is 0 Å². The van der Waals surface area contributed by atoms with Gasteiger partial charge in [0.25, 0.3) is 0 Å². The molecule has 0 radical (unpaired) electrons. The largest absolute Gasteiger partial charge is 0.481 e. The van der Waals surface area contributed by atoms with Crippen molar-refractivity contribution in [2.75, 3.05) is 6.67 Å². The van der Waals surface area contributed by atoms with Crippen LogP contribution in [0.1, 0.15) is 6.42 Å². The quantitative estimate of drug-likeness (QED) is 0.554. The van der Waals surface area contributed by atoms with E-state index < -0.39 is 18.6 Å². The van der Waals surface area contributed by atoms with Gasteiger partial charge >= 0.3 is 5.97 Å². The zero-order chi connectivity index (χ0) is 7.28. The molecule has 0 heterocycles. The van der Waals surface area contributed by atoms with Crippen LogP contribution in [0.4, 0.5) is 4.39 Å². The molecule has 0 rings (SSSR count). The summed E-state index contributed by atoms with van der Waals surface area (Å²) >= 11 is 0. The molecule has 52 valence electrons. The molecule has 0 aromatic heterocycles. The Balaban J connectivity index is 3.67. The highest BCUT2D eigenvalue weighted by Crippen LogP contribution is 2.00. The van der Waals surface area contributed by atoms with Crippen LogP contribution in [0, 0.1) is 11.3 Å². The number of carboxylic acids is 1. The molecule has 4 heteroatoms. The zero-order valence-electron chi connectivity index (χ0n) is 4.80. The number of rotatable bonds is 4. The number of halogens is 1. The van der Waals surface area contributed by atoms with Crippen LogP contribution < -0.4 is 0 Å². The Bertz CT molecular complexity index is 116. The standard InChI is InChI=1S/C5H8FNO2/c6-3-4(1-2-7)5(8)9/h2,4,7H,1,3H2,(H,8,9). The lowest BCUT2D eigenvalue weighted by atomic mass is 10.1. The molecule has 0 fully saturated rings. The molecule has 0 aliphatic carbocycles. The number of hydrogen-bond acceptors (Lipinski definition) is 2.